The van der Waals surface area contributed by atoms with Crippen molar-refractivity contribution in [1.82, 2.24) is 25.4 Å². The van der Waals surface area contributed by atoms with Gasteiger partial charge in [-0.1, -0.05) is 55.9 Å². The van der Waals surface area contributed by atoms with Gasteiger partial charge in [-0.15, -0.1) is 10.2 Å². The number of nitrogens with one attached hydrogen (secondary N) is 2. The van der Waals surface area contributed by atoms with Crippen LogP contribution in [0.4, 0.5) is 0 Å². The fourth-order valence-corrected chi connectivity index (χ4v) is 3.40. The Kier molecular flexibility index (Phi) is 8.64. The third-order valence-corrected chi connectivity index (χ3v) is 4.94. The number of thioether (sulfide) groups is 1. The van der Waals surface area contributed by atoms with Crippen molar-refractivity contribution in [2.24, 2.45) is 10.9 Å². The van der Waals surface area contributed by atoms with Crippen molar-refractivity contribution >= 4 is 17.7 Å². The molecule has 0 radical (unpaired) electrons. The first-order chi connectivity index (χ1) is 13.0. The van der Waals surface area contributed by atoms with Gasteiger partial charge in [-0.05, 0) is 31.1 Å². The highest BCUT2D eigenvalue weighted by Gasteiger charge is 2.12. The zero-order valence-electron chi connectivity index (χ0n) is 17.1. The molecule has 0 spiro atoms. The van der Waals surface area contributed by atoms with E-state index in [1.807, 2.05) is 6.07 Å². The summed E-state index contributed by atoms with van der Waals surface area (Å²) < 4.78 is 2.25. The highest BCUT2D eigenvalue weighted by molar-refractivity contribution is 7.98. The van der Waals surface area contributed by atoms with Crippen LogP contribution in [0, 0.1) is 5.92 Å². The van der Waals surface area contributed by atoms with E-state index in [2.05, 4.69) is 81.7 Å². The minimum absolute atomic E-state index is 0.204. The largest absolute Gasteiger partial charge is 0.356 e. The van der Waals surface area contributed by atoms with Crippen LogP contribution in [0.1, 0.15) is 44.6 Å². The van der Waals surface area contributed by atoms with Crippen LogP contribution in [0.5, 0.6) is 0 Å². The zero-order chi connectivity index (χ0) is 19.6. The van der Waals surface area contributed by atoms with Crippen molar-refractivity contribution in [1.29, 1.82) is 0 Å². The summed E-state index contributed by atoms with van der Waals surface area (Å²) in [5.41, 5.74) is 1.24. The van der Waals surface area contributed by atoms with E-state index in [9.17, 15) is 0 Å². The lowest BCUT2D eigenvalue weighted by molar-refractivity contribution is 0.477. The minimum Gasteiger partial charge on any atom is -0.356 e. The van der Waals surface area contributed by atoms with Gasteiger partial charge in [0, 0.05) is 26.6 Å². The molecule has 0 fully saturated rings. The molecule has 148 valence electrons. The average molecular weight is 389 g/mol. The SMILES string of the molecule is CN=C(NCCCc1nnc(SC)n1CC(C)C)NC(C)c1ccccc1. The number of hydrogen-bond acceptors (Lipinski definition) is 4. The Morgan fingerprint density at radius 3 is 2.56 bits per heavy atom. The second kappa shape index (κ2) is 11.0. The molecular formula is C20H32N6S. The van der Waals surface area contributed by atoms with E-state index < -0.39 is 0 Å². The highest BCUT2D eigenvalue weighted by Crippen LogP contribution is 2.16. The van der Waals surface area contributed by atoms with E-state index in [0.717, 1.165) is 42.9 Å². The maximum atomic E-state index is 4.38. The molecule has 7 heteroatoms. The van der Waals surface area contributed by atoms with Crippen LogP contribution in [0.25, 0.3) is 0 Å². The molecule has 0 aliphatic heterocycles. The lowest BCUT2D eigenvalue weighted by Crippen LogP contribution is -2.39. The maximum absolute atomic E-state index is 4.38. The highest BCUT2D eigenvalue weighted by atomic mass is 32.2. The first-order valence-corrected chi connectivity index (χ1v) is 10.8. The summed E-state index contributed by atoms with van der Waals surface area (Å²) in [7, 11) is 1.80. The van der Waals surface area contributed by atoms with Gasteiger partial charge >= 0.3 is 0 Å². The molecule has 2 rings (SSSR count). The number of guanidine groups is 1. The van der Waals surface area contributed by atoms with Crippen LogP contribution >= 0.6 is 11.8 Å². The van der Waals surface area contributed by atoms with Crippen LogP contribution in [0.15, 0.2) is 40.5 Å². The molecule has 6 nitrogen and oxygen atoms in total. The molecule has 1 aromatic carbocycles. The van der Waals surface area contributed by atoms with Gasteiger partial charge in [-0.25, -0.2) is 0 Å². The summed E-state index contributed by atoms with van der Waals surface area (Å²) in [5, 5.41) is 16.5. The van der Waals surface area contributed by atoms with Crippen molar-refractivity contribution < 1.29 is 0 Å². The van der Waals surface area contributed by atoms with Crippen molar-refractivity contribution in [3.8, 4) is 0 Å². The Morgan fingerprint density at radius 1 is 1.19 bits per heavy atom. The van der Waals surface area contributed by atoms with Crippen LogP contribution in [0.2, 0.25) is 0 Å². The van der Waals surface area contributed by atoms with E-state index in [1.165, 1.54) is 5.56 Å². The Bertz CT molecular complexity index is 711. The molecule has 1 atom stereocenters. The molecule has 1 heterocycles. The number of hydrogen-bond donors (Lipinski definition) is 2. The standard InChI is InChI=1S/C20H32N6S/c1-15(2)14-26-18(24-25-20(26)27-5)12-9-13-22-19(21-4)23-16(3)17-10-7-6-8-11-17/h6-8,10-11,15-16H,9,12-14H2,1-5H3,(H2,21,22,23). The monoisotopic (exact) mass is 388 g/mol. The van der Waals surface area contributed by atoms with Crippen LogP contribution in [-0.2, 0) is 13.0 Å². The first kappa shape index (κ1) is 21.3. The third kappa shape index (κ3) is 6.57. The molecule has 2 aromatic rings. The van der Waals surface area contributed by atoms with Gasteiger partial charge in [0.25, 0.3) is 0 Å². The van der Waals surface area contributed by atoms with Crippen LogP contribution in [-0.4, -0.2) is 40.6 Å². The molecule has 0 saturated heterocycles. The quantitative estimate of drug-likeness (QED) is 0.298. The topological polar surface area (TPSA) is 67.1 Å². The third-order valence-electron chi connectivity index (χ3n) is 4.27. The van der Waals surface area contributed by atoms with E-state index in [1.54, 1.807) is 18.8 Å². The van der Waals surface area contributed by atoms with Gasteiger partial charge in [0.1, 0.15) is 5.82 Å². The fourth-order valence-electron chi connectivity index (χ4n) is 2.88. The number of rotatable bonds is 9. The number of aromatic nitrogens is 3. The second-order valence-corrected chi connectivity index (χ2v) is 7.76. The first-order valence-electron chi connectivity index (χ1n) is 9.53. The Morgan fingerprint density at radius 2 is 1.93 bits per heavy atom. The normalized spacial score (nSPS) is 13.0. The van der Waals surface area contributed by atoms with E-state index >= 15 is 0 Å². The number of aryl methyl sites for hydroxylation is 1. The Hall–Kier alpha value is -2.02. The number of benzene rings is 1. The molecule has 1 unspecified atom stereocenters. The lowest BCUT2D eigenvalue weighted by atomic mass is 10.1. The molecule has 2 N–H and O–H groups in total. The summed E-state index contributed by atoms with van der Waals surface area (Å²) in [6.07, 6.45) is 3.93. The van der Waals surface area contributed by atoms with Crippen molar-refractivity contribution in [2.45, 2.75) is 51.4 Å². The molecule has 27 heavy (non-hydrogen) atoms. The predicted molar refractivity (Wildman–Crippen MR) is 114 cm³/mol. The Balaban J connectivity index is 1.82. The summed E-state index contributed by atoms with van der Waals surface area (Å²) in [4.78, 5) is 4.33. The van der Waals surface area contributed by atoms with Gasteiger partial charge in [0.05, 0.1) is 6.04 Å². The fraction of sp³-hybridized carbons (Fsp3) is 0.550. The maximum Gasteiger partial charge on any atom is 0.191 e. The van der Waals surface area contributed by atoms with Crippen LogP contribution in [0.3, 0.4) is 0 Å². The Labute approximate surface area is 167 Å². The van der Waals surface area contributed by atoms with Crippen LogP contribution < -0.4 is 10.6 Å². The number of aliphatic imine (C=N–C) groups is 1. The van der Waals surface area contributed by atoms with Crippen molar-refractivity contribution in [3.63, 3.8) is 0 Å². The smallest absolute Gasteiger partial charge is 0.191 e. The predicted octanol–water partition coefficient (Wildman–Crippen LogP) is 3.51. The molecule has 0 amide bonds. The molecule has 1 aromatic heterocycles. The molecular weight excluding hydrogens is 356 g/mol. The van der Waals surface area contributed by atoms with Gasteiger partial charge in [0.15, 0.2) is 11.1 Å². The average Bonchev–Trinajstić information content (AvgIpc) is 3.05. The van der Waals surface area contributed by atoms with Crippen molar-refractivity contribution in [2.75, 3.05) is 19.8 Å². The second-order valence-electron chi connectivity index (χ2n) is 6.99. The lowest BCUT2D eigenvalue weighted by Gasteiger charge is -2.18. The molecule has 0 aliphatic rings. The molecule has 0 aliphatic carbocycles. The summed E-state index contributed by atoms with van der Waals surface area (Å²) in [5.74, 6) is 2.46. The molecule has 0 bridgehead atoms. The van der Waals surface area contributed by atoms with E-state index in [-0.39, 0.29) is 6.04 Å². The summed E-state index contributed by atoms with van der Waals surface area (Å²) in [6, 6.07) is 10.6. The summed E-state index contributed by atoms with van der Waals surface area (Å²) >= 11 is 1.66. The minimum atomic E-state index is 0.204. The van der Waals surface area contributed by atoms with Crippen molar-refractivity contribution in [3.05, 3.63) is 41.7 Å². The summed E-state index contributed by atoms with van der Waals surface area (Å²) in [6.45, 7) is 8.38. The molecule has 0 saturated carbocycles. The van der Waals surface area contributed by atoms with Gasteiger partial charge in [-0.2, -0.15) is 0 Å². The van der Waals surface area contributed by atoms with Gasteiger partial charge < -0.3 is 15.2 Å². The van der Waals surface area contributed by atoms with E-state index in [0.29, 0.717) is 5.92 Å². The van der Waals surface area contributed by atoms with E-state index in [4.69, 9.17) is 0 Å². The number of nitrogens with zero attached hydrogens (tertiary/aromatic N) is 4. The van der Waals surface area contributed by atoms with Gasteiger partial charge in [-0.3, -0.25) is 4.99 Å². The zero-order valence-corrected chi connectivity index (χ0v) is 17.9. The van der Waals surface area contributed by atoms with Gasteiger partial charge in [0.2, 0.25) is 0 Å².